The van der Waals surface area contributed by atoms with Crippen molar-refractivity contribution in [2.45, 2.75) is 13.3 Å². The second-order valence-electron chi connectivity index (χ2n) is 6.58. The number of hydrogen-bond donors (Lipinski definition) is 1. The van der Waals surface area contributed by atoms with Gasteiger partial charge in [-0.2, -0.15) is 5.10 Å². The number of ether oxygens (including phenoxy) is 5. The Hall–Kier alpha value is -3.46. The molecule has 0 bridgehead atoms. The lowest BCUT2D eigenvalue weighted by atomic mass is 10.1. The summed E-state index contributed by atoms with van der Waals surface area (Å²) in [7, 11) is 6.43. The summed E-state index contributed by atoms with van der Waals surface area (Å²) in [5.41, 5.74) is 5.42. The van der Waals surface area contributed by atoms with Crippen molar-refractivity contribution in [1.29, 1.82) is 0 Å². The topological polar surface area (TPSA) is 83.4 Å². The summed E-state index contributed by atoms with van der Waals surface area (Å²) in [5.74, 6) is 3.17. The van der Waals surface area contributed by atoms with Gasteiger partial charge in [0.15, 0.2) is 11.5 Å². The summed E-state index contributed by atoms with van der Waals surface area (Å²) < 4.78 is 27.4. The zero-order valence-electron chi connectivity index (χ0n) is 18.8. The van der Waals surface area contributed by atoms with Gasteiger partial charge < -0.3 is 23.7 Å². The number of anilines is 1. The minimum atomic E-state index is 0.576. The predicted octanol–water partition coefficient (Wildman–Crippen LogP) is 5.08. The third kappa shape index (κ3) is 5.42. The van der Waals surface area contributed by atoms with Gasteiger partial charge in [0.05, 0.1) is 47.0 Å². The number of nitrogens with one attached hydrogen (secondary N) is 1. The van der Waals surface area contributed by atoms with Crippen LogP contribution in [-0.2, 0) is 0 Å². The van der Waals surface area contributed by atoms with Crippen LogP contribution in [0.5, 0.6) is 28.7 Å². The van der Waals surface area contributed by atoms with Crippen LogP contribution < -0.4 is 29.1 Å². The van der Waals surface area contributed by atoms with Crippen LogP contribution in [-0.4, -0.2) is 46.2 Å². The molecule has 9 heteroatoms. The first-order valence-electron chi connectivity index (χ1n) is 9.99. The molecule has 32 heavy (non-hydrogen) atoms. The molecule has 170 valence electrons. The SMILES string of the molecule is CCCOc1c(OC)cc(/C=N\Nc2nc(-c3ccc(OC)cc3OC)cs2)cc1OC. The summed E-state index contributed by atoms with van der Waals surface area (Å²) in [4.78, 5) is 4.59. The molecular weight excluding hydrogens is 430 g/mol. The van der Waals surface area contributed by atoms with Gasteiger partial charge >= 0.3 is 0 Å². The number of aromatic nitrogens is 1. The summed E-state index contributed by atoms with van der Waals surface area (Å²) in [6, 6.07) is 9.30. The van der Waals surface area contributed by atoms with Gasteiger partial charge in [-0.1, -0.05) is 6.92 Å². The monoisotopic (exact) mass is 457 g/mol. The van der Waals surface area contributed by atoms with Crippen LogP contribution >= 0.6 is 11.3 Å². The summed E-state index contributed by atoms with van der Waals surface area (Å²) in [5, 5.41) is 6.89. The van der Waals surface area contributed by atoms with E-state index in [1.165, 1.54) is 11.3 Å². The highest BCUT2D eigenvalue weighted by molar-refractivity contribution is 7.14. The first-order chi connectivity index (χ1) is 15.6. The van der Waals surface area contributed by atoms with Crippen LogP contribution in [0, 0.1) is 0 Å². The number of hydrogen-bond acceptors (Lipinski definition) is 9. The second kappa shape index (κ2) is 11.2. The van der Waals surface area contributed by atoms with Gasteiger partial charge in [0.2, 0.25) is 10.9 Å². The van der Waals surface area contributed by atoms with Crippen molar-refractivity contribution in [3.8, 4) is 40.0 Å². The molecule has 0 radical (unpaired) electrons. The van der Waals surface area contributed by atoms with Gasteiger partial charge in [-0.15, -0.1) is 11.3 Å². The third-order valence-electron chi connectivity index (χ3n) is 4.50. The smallest absolute Gasteiger partial charge is 0.203 e. The van der Waals surface area contributed by atoms with Gasteiger partial charge in [0.1, 0.15) is 11.5 Å². The molecule has 1 N–H and O–H groups in total. The molecule has 0 atom stereocenters. The van der Waals surface area contributed by atoms with Crippen molar-refractivity contribution in [1.82, 2.24) is 4.98 Å². The van der Waals surface area contributed by atoms with E-state index in [9.17, 15) is 0 Å². The highest BCUT2D eigenvalue weighted by atomic mass is 32.1. The van der Waals surface area contributed by atoms with E-state index in [-0.39, 0.29) is 0 Å². The normalized spacial score (nSPS) is 10.8. The quantitative estimate of drug-likeness (QED) is 0.318. The van der Waals surface area contributed by atoms with E-state index in [2.05, 4.69) is 15.5 Å². The second-order valence-corrected chi connectivity index (χ2v) is 7.44. The maximum Gasteiger partial charge on any atom is 0.203 e. The standard InChI is InChI=1S/C23H27N3O5S/c1-6-9-31-22-20(29-4)10-15(11-21(22)30-5)13-24-26-23-25-18(14-32-23)17-8-7-16(27-2)12-19(17)28-3/h7-8,10-14H,6,9H2,1-5H3,(H,25,26)/b24-13-. The van der Waals surface area contributed by atoms with Crippen molar-refractivity contribution in [3.05, 3.63) is 41.3 Å². The molecule has 0 aliphatic heterocycles. The van der Waals surface area contributed by atoms with Gasteiger partial charge in [-0.3, -0.25) is 5.43 Å². The van der Waals surface area contributed by atoms with Crippen LogP contribution in [0.1, 0.15) is 18.9 Å². The van der Waals surface area contributed by atoms with Crippen LogP contribution in [0.4, 0.5) is 5.13 Å². The van der Waals surface area contributed by atoms with Crippen LogP contribution in [0.25, 0.3) is 11.3 Å². The van der Waals surface area contributed by atoms with Crippen LogP contribution in [0.3, 0.4) is 0 Å². The molecule has 0 aliphatic rings. The first-order valence-corrected chi connectivity index (χ1v) is 10.9. The highest BCUT2D eigenvalue weighted by Gasteiger charge is 2.14. The number of rotatable bonds is 11. The fraction of sp³-hybridized carbons (Fsp3) is 0.304. The number of thiazole rings is 1. The molecule has 1 aromatic heterocycles. The third-order valence-corrected chi connectivity index (χ3v) is 5.24. The van der Waals surface area contributed by atoms with Crippen molar-refractivity contribution in [2.75, 3.05) is 40.5 Å². The van der Waals surface area contributed by atoms with E-state index in [0.717, 1.165) is 29.0 Å². The Balaban J connectivity index is 1.75. The molecule has 0 amide bonds. The van der Waals surface area contributed by atoms with E-state index < -0.39 is 0 Å². The van der Waals surface area contributed by atoms with Gasteiger partial charge in [0.25, 0.3) is 0 Å². The maximum atomic E-state index is 5.77. The van der Waals surface area contributed by atoms with E-state index in [1.54, 1.807) is 34.7 Å². The van der Waals surface area contributed by atoms with Crippen LogP contribution in [0.2, 0.25) is 0 Å². The Morgan fingerprint density at radius 3 is 2.31 bits per heavy atom. The van der Waals surface area contributed by atoms with Crippen molar-refractivity contribution in [3.63, 3.8) is 0 Å². The Morgan fingerprint density at radius 2 is 1.69 bits per heavy atom. The van der Waals surface area contributed by atoms with E-state index in [4.69, 9.17) is 23.7 Å². The number of benzene rings is 2. The maximum absolute atomic E-state index is 5.77. The lowest BCUT2D eigenvalue weighted by molar-refractivity contribution is 0.275. The molecule has 0 spiro atoms. The van der Waals surface area contributed by atoms with Gasteiger partial charge in [-0.25, -0.2) is 4.98 Å². The van der Waals surface area contributed by atoms with Crippen molar-refractivity contribution in [2.24, 2.45) is 5.10 Å². The molecule has 1 heterocycles. The fourth-order valence-corrected chi connectivity index (χ4v) is 3.60. The molecule has 3 rings (SSSR count). The zero-order valence-corrected chi connectivity index (χ0v) is 19.6. The molecule has 0 fully saturated rings. The average molecular weight is 458 g/mol. The zero-order chi connectivity index (χ0) is 22.9. The van der Waals surface area contributed by atoms with Gasteiger partial charge in [-0.05, 0) is 30.7 Å². The number of nitrogens with zero attached hydrogens (tertiary/aromatic N) is 2. The minimum Gasteiger partial charge on any atom is -0.497 e. The molecule has 0 unspecified atom stereocenters. The highest BCUT2D eigenvalue weighted by Crippen LogP contribution is 2.38. The Labute approximate surface area is 191 Å². The molecule has 3 aromatic rings. The Kier molecular flexibility index (Phi) is 8.15. The predicted molar refractivity (Wildman–Crippen MR) is 127 cm³/mol. The summed E-state index contributed by atoms with van der Waals surface area (Å²) in [6.45, 7) is 2.62. The van der Waals surface area contributed by atoms with E-state index in [1.807, 2.05) is 42.6 Å². The average Bonchev–Trinajstić information content (AvgIpc) is 3.30. The molecule has 0 saturated heterocycles. The summed E-state index contributed by atoms with van der Waals surface area (Å²) >= 11 is 1.44. The minimum absolute atomic E-state index is 0.576. The molecule has 8 nitrogen and oxygen atoms in total. The number of methoxy groups -OCH3 is 4. The molecule has 0 aliphatic carbocycles. The van der Waals surface area contributed by atoms with Gasteiger partial charge in [0, 0.05) is 22.6 Å². The Morgan fingerprint density at radius 1 is 0.969 bits per heavy atom. The molecular formula is C23H27N3O5S. The van der Waals surface area contributed by atoms with E-state index in [0.29, 0.717) is 34.7 Å². The number of hydrazone groups is 1. The van der Waals surface area contributed by atoms with Crippen molar-refractivity contribution >= 4 is 22.7 Å². The largest absolute Gasteiger partial charge is 0.497 e. The van der Waals surface area contributed by atoms with Crippen molar-refractivity contribution < 1.29 is 23.7 Å². The lowest BCUT2D eigenvalue weighted by Gasteiger charge is -2.14. The molecule has 2 aromatic carbocycles. The Bertz CT molecular complexity index is 1040. The van der Waals surface area contributed by atoms with Crippen LogP contribution in [0.15, 0.2) is 40.8 Å². The summed E-state index contributed by atoms with van der Waals surface area (Å²) in [6.07, 6.45) is 2.56. The van der Waals surface area contributed by atoms with E-state index >= 15 is 0 Å². The first kappa shape index (κ1) is 23.2. The fourth-order valence-electron chi connectivity index (χ4n) is 2.94. The lowest BCUT2D eigenvalue weighted by Crippen LogP contribution is -2.01. The molecule has 0 saturated carbocycles.